The van der Waals surface area contributed by atoms with Crippen molar-refractivity contribution in [2.75, 3.05) is 12.3 Å². The maximum atomic E-state index is 10.9. The summed E-state index contributed by atoms with van der Waals surface area (Å²) in [5, 5.41) is 36.4. The van der Waals surface area contributed by atoms with E-state index in [1.807, 2.05) is 0 Å². The molecule has 0 fully saturated rings. The molecule has 0 aliphatic heterocycles. The fourth-order valence-electron chi connectivity index (χ4n) is 1.32. The van der Waals surface area contributed by atoms with Crippen molar-refractivity contribution in [1.82, 2.24) is 0 Å². The summed E-state index contributed by atoms with van der Waals surface area (Å²) in [5.41, 5.74) is 5.48. The Morgan fingerprint density at radius 1 is 1.38 bits per heavy atom. The van der Waals surface area contributed by atoms with Gasteiger partial charge >= 0.3 is 5.97 Å². The number of carbonyl (C=O) groups is 1. The van der Waals surface area contributed by atoms with Crippen molar-refractivity contribution in [3.05, 3.63) is 29.3 Å². The lowest BCUT2D eigenvalue weighted by Gasteiger charge is -2.18. The second-order valence-electron chi connectivity index (χ2n) is 3.35. The SMILES string of the molecule is Nc1ccc(C(O)C(O)CO)c(C(=O)O)c1. The minimum Gasteiger partial charge on any atom is -0.478 e. The highest BCUT2D eigenvalue weighted by Crippen LogP contribution is 2.23. The van der Waals surface area contributed by atoms with Gasteiger partial charge in [0.15, 0.2) is 0 Å². The van der Waals surface area contributed by atoms with Gasteiger partial charge in [0.2, 0.25) is 0 Å². The summed E-state index contributed by atoms with van der Waals surface area (Å²) >= 11 is 0. The van der Waals surface area contributed by atoms with Gasteiger partial charge in [-0.2, -0.15) is 0 Å². The number of aromatic carboxylic acids is 1. The molecule has 0 spiro atoms. The summed E-state index contributed by atoms with van der Waals surface area (Å²) in [4.78, 5) is 10.9. The van der Waals surface area contributed by atoms with Crippen molar-refractivity contribution < 1.29 is 25.2 Å². The van der Waals surface area contributed by atoms with Crippen LogP contribution in [0.25, 0.3) is 0 Å². The van der Waals surface area contributed by atoms with Crippen molar-refractivity contribution >= 4 is 11.7 Å². The molecule has 6 heteroatoms. The van der Waals surface area contributed by atoms with Crippen LogP contribution in [0.5, 0.6) is 0 Å². The van der Waals surface area contributed by atoms with E-state index in [9.17, 15) is 15.0 Å². The minimum absolute atomic E-state index is 0.0169. The first-order chi connectivity index (χ1) is 7.47. The van der Waals surface area contributed by atoms with Gasteiger partial charge in [-0.15, -0.1) is 0 Å². The van der Waals surface area contributed by atoms with E-state index in [1.54, 1.807) is 0 Å². The summed E-state index contributed by atoms with van der Waals surface area (Å²) in [7, 11) is 0. The van der Waals surface area contributed by atoms with Crippen molar-refractivity contribution in [3.63, 3.8) is 0 Å². The monoisotopic (exact) mass is 227 g/mol. The molecule has 1 aromatic carbocycles. The second-order valence-corrected chi connectivity index (χ2v) is 3.35. The third-order valence-electron chi connectivity index (χ3n) is 2.18. The van der Waals surface area contributed by atoms with E-state index in [2.05, 4.69) is 0 Å². The van der Waals surface area contributed by atoms with Gasteiger partial charge in [-0.1, -0.05) is 6.07 Å². The van der Waals surface area contributed by atoms with Crippen LogP contribution < -0.4 is 5.73 Å². The molecule has 0 aliphatic rings. The zero-order valence-corrected chi connectivity index (χ0v) is 8.37. The van der Waals surface area contributed by atoms with Crippen LogP contribution in [-0.2, 0) is 0 Å². The molecule has 16 heavy (non-hydrogen) atoms. The van der Waals surface area contributed by atoms with E-state index >= 15 is 0 Å². The lowest BCUT2D eigenvalue weighted by molar-refractivity contribution is -0.0157. The third-order valence-corrected chi connectivity index (χ3v) is 2.18. The summed E-state index contributed by atoms with van der Waals surface area (Å²) in [6.45, 7) is -0.662. The molecule has 0 bridgehead atoms. The number of benzene rings is 1. The normalized spacial score (nSPS) is 14.4. The van der Waals surface area contributed by atoms with Gasteiger partial charge in [-0.25, -0.2) is 4.79 Å². The molecule has 0 aliphatic carbocycles. The number of carboxylic acid groups (broad SMARTS) is 1. The Morgan fingerprint density at radius 3 is 2.50 bits per heavy atom. The van der Waals surface area contributed by atoms with E-state index in [4.69, 9.17) is 15.9 Å². The smallest absolute Gasteiger partial charge is 0.336 e. The molecule has 6 N–H and O–H groups in total. The van der Waals surface area contributed by atoms with Gasteiger partial charge in [0.1, 0.15) is 12.2 Å². The standard InChI is InChI=1S/C10H13NO5/c11-5-1-2-6(7(3-5)10(15)16)9(14)8(13)4-12/h1-3,8-9,12-14H,4,11H2,(H,15,16). The lowest BCUT2D eigenvalue weighted by atomic mass is 9.98. The third kappa shape index (κ3) is 2.48. The Hall–Kier alpha value is -1.63. The molecular weight excluding hydrogens is 214 g/mol. The number of rotatable bonds is 4. The van der Waals surface area contributed by atoms with Crippen LogP contribution in [0, 0.1) is 0 Å². The van der Waals surface area contributed by atoms with Crippen LogP contribution in [-0.4, -0.2) is 39.1 Å². The maximum absolute atomic E-state index is 10.9. The lowest BCUT2D eigenvalue weighted by Crippen LogP contribution is -2.24. The van der Waals surface area contributed by atoms with Crippen LogP contribution >= 0.6 is 0 Å². The quantitative estimate of drug-likeness (QED) is 0.435. The molecule has 1 aromatic rings. The first-order valence-electron chi connectivity index (χ1n) is 4.57. The molecule has 2 atom stereocenters. The largest absolute Gasteiger partial charge is 0.478 e. The van der Waals surface area contributed by atoms with E-state index < -0.39 is 24.8 Å². The molecule has 1 rings (SSSR count). The zero-order chi connectivity index (χ0) is 12.3. The number of nitrogen functional groups attached to an aromatic ring is 1. The van der Waals surface area contributed by atoms with Crippen molar-refractivity contribution in [2.45, 2.75) is 12.2 Å². The fraction of sp³-hybridized carbons (Fsp3) is 0.300. The Morgan fingerprint density at radius 2 is 2.00 bits per heavy atom. The molecule has 0 amide bonds. The van der Waals surface area contributed by atoms with Gasteiger partial charge < -0.3 is 26.2 Å². The van der Waals surface area contributed by atoms with E-state index in [0.29, 0.717) is 0 Å². The number of hydrogen-bond donors (Lipinski definition) is 5. The number of aliphatic hydroxyl groups excluding tert-OH is 3. The molecule has 2 unspecified atom stereocenters. The predicted molar refractivity (Wildman–Crippen MR) is 55.9 cm³/mol. The Balaban J connectivity index is 3.17. The summed E-state index contributed by atoms with van der Waals surface area (Å²) in [6, 6.07) is 3.91. The van der Waals surface area contributed by atoms with Gasteiger partial charge in [0, 0.05) is 5.69 Å². The molecular formula is C10H13NO5. The first kappa shape index (κ1) is 12.4. The Labute approximate surface area is 91.6 Å². The highest BCUT2D eigenvalue weighted by atomic mass is 16.4. The average molecular weight is 227 g/mol. The zero-order valence-electron chi connectivity index (χ0n) is 8.37. The topological polar surface area (TPSA) is 124 Å². The second kappa shape index (κ2) is 4.93. The average Bonchev–Trinajstić information content (AvgIpc) is 2.26. The highest BCUT2D eigenvalue weighted by Gasteiger charge is 2.23. The van der Waals surface area contributed by atoms with E-state index in [0.717, 1.165) is 0 Å². The molecule has 0 aromatic heterocycles. The van der Waals surface area contributed by atoms with Crippen molar-refractivity contribution in [1.29, 1.82) is 0 Å². The first-order valence-corrected chi connectivity index (χ1v) is 4.57. The number of carboxylic acids is 1. The number of aliphatic hydroxyl groups is 3. The van der Waals surface area contributed by atoms with Crippen LogP contribution in [0.4, 0.5) is 5.69 Å². The van der Waals surface area contributed by atoms with Crippen LogP contribution in [0.2, 0.25) is 0 Å². The molecule has 0 heterocycles. The van der Waals surface area contributed by atoms with Gasteiger partial charge in [-0.3, -0.25) is 0 Å². The molecule has 88 valence electrons. The van der Waals surface area contributed by atoms with Crippen molar-refractivity contribution in [3.8, 4) is 0 Å². The minimum atomic E-state index is -1.46. The number of nitrogens with two attached hydrogens (primary N) is 1. The van der Waals surface area contributed by atoms with E-state index in [-0.39, 0.29) is 16.8 Å². The maximum Gasteiger partial charge on any atom is 0.336 e. The van der Waals surface area contributed by atoms with Gasteiger partial charge in [0.25, 0.3) is 0 Å². The van der Waals surface area contributed by atoms with Gasteiger partial charge in [-0.05, 0) is 17.7 Å². The highest BCUT2D eigenvalue weighted by molar-refractivity contribution is 5.90. The molecule has 6 nitrogen and oxygen atoms in total. The summed E-state index contributed by atoms with van der Waals surface area (Å²) in [6.07, 6.45) is -2.89. The molecule has 0 saturated carbocycles. The van der Waals surface area contributed by atoms with E-state index in [1.165, 1.54) is 18.2 Å². The van der Waals surface area contributed by atoms with Crippen LogP contribution in [0.3, 0.4) is 0 Å². The Bertz CT molecular complexity index is 393. The predicted octanol–water partition coefficient (Wildman–Crippen LogP) is -0.646. The summed E-state index contributed by atoms with van der Waals surface area (Å²) < 4.78 is 0. The fourth-order valence-corrected chi connectivity index (χ4v) is 1.32. The molecule has 0 saturated heterocycles. The Kier molecular flexibility index (Phi) is 3.83. The van der Waals surface area contributed by atoms with Crippen molar-refractivity contribution in [2.24, 2.45) is 0 Å². The number of hydrogen-bond acceptors (Lipinski definition) is 5. The number of anilines is 1. The molecule has 0 radical (unpaired) electrons. The van der Waals surface area contributed by atoms with Crippen LogP contribution in [0.15, 0.2) is 18.2 Å². The van der Waals surface area contributed by atoms with Gasteiger partial charge in [0.05, 0.1) is 12.2 Å². The van der Waals surface area contributed by atoms with Crippen LogP contribution in [0.1, 0.15) is 22.0 Å². The summed E-state index contributed by atoms with van der Waals surface area (Å²) in [5.74, 6) is -1.26.